The second kappa shape index (κ2) is 5.09. The number of hydrogen-bond acceptors (Lipinski definition) is 5. The van der Waals surface area contributed by atoms with Gasteiger partial charge >= 0.3 is 5.97 Å². The highest BCUT2D eigenvalue weighted by atomic mass is 32.2. The van der Waals surface area contributed by atoms with E-state index in [0.29, 0.717) is 17.0 Å². The van der Waals surface area contributed by atoms with E-state index in [1.54, 1.807) is 13.8 Å². The lowest BCUT2D eigenvalue weighted by Crippen LogP contribution is -2.09. The van der Waals surface area contributed by atoms with Crippen molar-refractivity contribution in [2.75, 3.05) is 0 Å². The van der Waals surface area contributed by atoms with E-state index in [1.165, 1.54) is 24.3 Å². The van der Waals surface area contributed by atoms with Crippen LogP contribution in [0.2, 0.25) is 0 Å². The third-order valence-electron chi connectivity index (χ3n) is 2.78. The molecule has 0 aliphatic heterocycles. The number of benzene rings is 1. The number of aryl methyl sites for hydroxylation is 2. The van der Waals surface area contributed by atoms with E-state index in [-0.39, 0.29) is 16.2 Å². The van der Waals surface area contributed by atoms with Gasteiger partial charge in [0, 0.05) is 6.07 Å². The van der Waals surface area contributed by atoms with Gasteiger partial charge in [0.15, 0.2) is 9.84 Å². The number of aromatic nitrogens is 1. The summed E-state index contributed by atoms with van der Waals surface area (Å²) in [5, 5.41) is 12.6. The Balaban J connectivity index is 2.43. The molecule has 2 aromatic rings. The number of aromatic carboxylic acids is 1. The van der Waals surface area contributed by atoms with Crippen LogP contribution in [-0.2, 0) is 15.6 Å². The van der Waals surface area contributed by atoms with Crippen LogP contribution in [0.5, 0.6) is 0 Å². The number of hydrogen-bond donors (Lipinski definition) is 1. The highest BCUT2D eigenvalue weighted by Crippen LogP contribution is 2.21. The third kappa shape index (κ3) is 2.88. The molecular weight excluding hydrogens is 282 g/mol. The van der Waals surface area contributed by atoms with E-state index in [9.17, 15) is 13.2 Å². The molecule has 0 unspecified atom stereocenters. The highest BCUT2D eigenvalue weighted by molar-refractivity contribution is 7.90. The summed E-state index contributed by atoms with van der Waals surface area (Å²) in [5.41, 5.74) is 0.725. The predicted octanol–water partition coefficient (Wildman–Crippen LogP) is 1.96. The van der Waals surface area contributed by atoms with Gasteiger partial charge in [-0.3, -0.25) is 0 Å². The summed E-state index contributed by atoms with van der Waals surface area (Å²) in [7, 11) is -3.67. The molecule has 0 radical (unpaired) electrons. The number of carboxylic acids is 1. The van der Waals surface area contributed by atoms with Crippen molar-refractivity contribution in [3.05, 3.63) is 46.8 Å². The molecule has 0 spiro atoms. The molecule has 0 fully saturated rings. The normalized spacial score (nSPS) is 11.5. The quantitative estimate of drug-likeness (QED) is 0.926. The van der Waals surface area contributed by atoms with Gasteiger partial charge in [0.2, 0.25) is 0 Å². The molecule has 7 heteroatoms. The Morgan fingerprint density at radius 3 is 2.55 bits per heavy atom. The SMILES string of the molecule is Cc1cc(CS(=O)(=O)c2cc(C(=O)O)ccc2C)no1. The summed E-state index contributed by atoms with van der Waals surface area (Å²) in [4.78, 5) is 10.9. The van der Waals surface area contributed by atoms with E-state index in [4.69, 9.17) is 9.63 Å². The maximum Gasteiger partial charge on any atom is 0.335 e. The molecule has 0 saturated carbocycles. The molecule has 0 bridgehead atoms. The number of carboxylic acid groups (broad SMARTS) is 1. The maximum atomic E-state index is 12.3. The first-order valence-electron chi connectivity index (χ1n) is 5.78. The fourth-order valence-electron chi connectivity index (χ4n) is 1.83. The monoisotopic (exact) mass is 295 g/mol. The van der Waals surface area contributed by atoms with Gasteiger partial charge in [0.05, 0.1) is 16.2 Å². The Kier molecular flexibility index (Phi) is 3.63. The lowest BCUT2D eigenvalue weighted by Gasteiger charge is -2.07. The van der Waals surface area contributed by atoms with Crippen molar-refractivity contribution >= 4 is 15.8 Å². The van der Waals surface area contributed by atoms with Crippen LogP contribution in [0.15, 0.2) is 33.7 Å². The standard InChI is InChI=1S/C13H13NO5S/c1-8-3-4-10(13(15)16)6-12(8)20(17,18)7-11-5-9(2)19-14-11/h3-6H,7H2,1-2H3,(H,15,16). The molecule has 1 N–H and O–H groups in total. The highest BCUT2D eigenvalue weighted by Gasteiger charge is 2.21. The van der Waals surface area contributed by atoms with Crippen molar-refractivity contribution in [3.8, 4) is 0 Å². The zero-order valence-corrected chi connectivity index (χ0v) is 11.8. The molecule has 1 aromatic heterocycles. The van der Waals surface area contributed by atoms with Crippen molar-refractivity contribution < 1.29 is 22.8 Å². The Bertz CT molecular complexity index is 761. The molecule has 106 valence electrons. The zero-order valence-electron chi connectivity index (χ0n) is 11.0. The third-order valence-corrected chi connectivity index (χ3v) is 4.57. The first-order chi connectivity index (χ1) is 9.29. The first kappa shape index (κ1) is 14.3. The summed E-state index contributed by atoms with van der Waals surface area (Å²) in [6, 6.07) is 5.55. The summed E-state index contributed by atoms with van der Waals surface area (Å²) in [5.74, 6) is -0.973. The minimum Gasteiger partial charge on any atom is -0.478 e. The minimum absolute atomic E-state index is 0.00180. The first-order valence-corrected chi connectivity index (χ1v) is 7.44. The fourth-order valence-corrected chi connectivity index (χ4v) is 3.37. The average Bonchev–Trinajstić information content (AvgIpc) is 2.73. The molecule has 6 nitrogen and oxygen atoms in total. The number of nitrogens with zero attached hydrogens (tertiary/aromatic N) is 1. The van der Waals surface area contributed by atoms with E-state index in [2.05, 4.69) is 5.16 Å². The Morgan fingerprint density at radius 2 is 2.00 bits per heavy atom. The van der Waals surface area contributed by atoms with Crippen LogP contribution in [0.25, 0.3) is 0 Å². The van der Waals surface area contributed by atoms with Crippen LogP contribution in [0.1, 0.15) is 27.4 Å². The van der Waals surface area contributed by atoms with Crippen molar-refractivity contribution in [1.82, 2.24) is 5.16 Å². The molecule has 0 atom stereocenters. The number of carbonyl (C=O) groups is 1. The van der Waals surface area contributed by atoms with Gasteiger partial charge in [-0.1, -0.05) is 11.2 Å². The maximum absolute atomic E-state index is 12.3. The van der Waals surface area contributed by atoms with Crippen molar-refractivity contribution in [2.45, 2.75) is 24.5 Å². The zero-order chi connectivity index (χ0) is 14.9. The Morgan fingerprint density at radius 1 is 1.30 bits per heavy atom. The smallest absolute Gasteiger partial charge is 0.335 e. The lowest BCUT2D eigenvalue weighted by molar-refractivity contribution is 0.0696. The molecule has 0 aliphatic rings. The summed E-state index contributed by atoms with van der Waals surface area (Å²) < 4.78 is 29.5. The van der Waals surface area contributed by atoms with Gasteiger partial charge in [-0.05, 0) is 31.5 Å². The molecule has 20 heavy (non-hydrogen) atoms. The molecule has 0 amide bonds. The van der Waals surface area contributed by atoms with E-state index < -0.39 is 15.8 Å². The average molecular weight is 295 g/mol. The molecule has 1 aromatic carbocycles. The Hall–Kier alpha value is -2.15. The minimum atomic E-state index is -3.67. The molecule has 2 rings (SSSR count). The van der Waals surface area contributed by atoms with Gasteiger partial charge in [0.25, 0.3) is 0 Å². The van der Waals surface area contributed by atoms with E-state index >= 15 is 0 Å². The van der Waals surface area contributed by atoms with Crippen molar-refractivity contribution in [3.63, 3.8) is 0 Å². The summed E-state index contributed by atoms with van der Waals surface area (Å²) in [6.45, 7) is 3.28. The van der Waals surface area contributed by atoms with Crippen LogP contribution in [0, 0.1) is 13.8 Å². The second-order valence-electron chi connectivity index (χ2n) is 4.47. The van der Waals surface area contributed by atoms with Gasteiger partial charge in [-0.15, -0.1) is 0 Å². The van der Waals surface area contributed by atoms with E-state index in [1.807, 2.05) is 0 Å². The van der Waals surface area contributed by atoms with Crippen LogP contribution in [0.3, 0.4) is 0 Å². The summed E-state index contributed by atoms with van der Waals surface area (Å²) >= 11 is 0. The van der Waals surface area contributed by atoms with Crippen LogP contribution >= 0.6 is 0 Å². The largest absolute Gasteiger partial charge is 0.478 e. The molecule has 1 heterocycles. The molecular formula is C13H13NO5S. The second-order valence-corrected chi connectivity index (χ2v) is 6.43. The van der Waals surface area contributed by atoms with Crippen LogP contribution in [0.4, 0.5) is 0 Å². The fraction of sp³-hybridized carbons (Fsp3) is 0.231. The predicted molar refractivity (Wildman–Crippen MR) is 70.3 cm³/mol. The topological polar surface area (TPSA) is 97.5 Å². The van der Waals surface area contributed by atoms with Gasteiger partial charge in [-0.25, -0.2) is 13.2 Å². The van der Waals surface area contributed by atoms with Crippen molar-refractivity contribution in [2.24, 2.45) is 0 Å². The van der Waals surface area contributed by atoms with Gasteiger partial charge in [0.1, 0.15) is 11.5 Å². The summed E-state index contributed by atoms with van der Waals surface area (Å²) in [6.07, 6.45) is 0. The van der Waals surface area contributed by atoms with Crippen molar-refractivity contribution in [1.29, 1.82) is 0 Å². The van der Waals surface area contributed by atoms with Crippen LogP contribution < -0.4 is 0 Å². The van der Waals surface area contributed by atoms with Gasteiger partial charge < -0.3 is 9.63 Å². The lowest BCUT2D eigenvalue weighted by atomic mass is 10.1. The number of sulfone groups is 1. The van der Waals surface area contributed by atoms with Gasteiger partial charge in [-0.2, -0.15) is 0 Å². The molecule has 0 saturated heterocycles. The van der Waals surface area contributed by atoms with Crippen LogP contribution in [-0.4, -0.2) is 24.7 Å². The number of rotatable bonds is 4. The Labute approximate surface area is 115 Å². The van der Waals surface area contributed by atoms with E-state index in [0.717, 1.165) is 0 Å². The molecule has 0 aliphatic carbocycles.